The van der Waals surface area contributed by atoms with Crippen LogP contribution in [0, 0.1) is 17.6 Å². The van der Waals surface area contributed by atoms with Gasteiger partial charge in [-0.25, -0.2) is 13.2 Å². The third kappa shape index (κ3) is 6.56. The summed E-state index contributed by atoms with van der Waals surface area (Å²) in [5.74, 6) is -0.317. The lowest BCUT2D eigenvalue weighted by atomic mass is 9.77. The largest absolute Gasteiger partial charge is 0.391 e. The van der Waals surface area contributed by atoms with E-state index in [-0.39, 0.29) is 11.5 Å². The van der Waals surface area contributed by atoms with Crippen molar-refractivity contribution in [3.05, 3.63) is 70.3 Å². The zero-order valence-corrected chi connectivity index (χ0v) is 19.4. The lowest BCUT2D eigenvalue weighted by Gasteiger charge is -2.29. The molecule has 1 unspecified atom stereocenters. The number of hydrogen-bond donors (Lipinski definition) is 0. The van der Waals surface area contributed by atoms with Crippen LogP contribution < -0.4 is 0 Å². The summed E-state index contributed by atoms with van der Waals surface area (Å²) in [6, 6.07) is 7.64. The van der Waals surface area contributed by atoms with E-state index in [9.17, 15) is 22.0 Å². The maximum absolute atomic E-state index is 14.7. The molecule has 1 atom stereocenters. The standard InChI is InChI=1S/C27H33F5O/c1-3-5-18-7-10-20(11-8-18)23-14-9-19(15-25(23)29)17-33-27(31,32)26(30)22-13-12-21(6-4-2)24(28)16-22/h9,12-16,18,20,26H,3-8,10-11,17H2,1-2H3. The lowest BCUT2D eigenvalue weighted by molar-refractivity contribution is -0.282. The molecule has 2 aromatic carbocycles. The first kappa shape index (κ1) is 25.7. The zero-order chi connectivity index (χ0) is 24.0. The third-order valence-corrected chi connectivity index (χ3v) is 6.66. The molecule has 1 fully saturated rings. The van der Waals surface area contributed by atoms with Crippen LogP contribution in [0.3, 0.4) is 0 Å². The molecule has 33 heavy (non-hydrogen) atoms. The van der Waals surface area contributed by atoms with Gasteiger partial charge in [0.15, 0.2) is 0 Å². The Morgan fingerprint density at radius 2 is 1.67 bits per heavy atom. The fraction of sp³-hybridized carbons (Fsp3) is 0.556. The van der Waals surface area contributed by atoms with Gasteiger partial charge in [-0.3, -0.25) is 0 Å². The molecular formula is C27H33F5O. The average Bonchev–Trinajstić information content (AvgIpc) is 2.80. The number of alkyl halides is 3. The van der Waals surface area contributed by atoms with E-state index < -0.39 is 36.1 Å². The van der Waals surface area contributed by atoms with Gasteiger partial charge in [0.1, 0.15) is 11.6 Å². The molecule has 0 N–H and O–H groups in total. The summed E-state index contributed by atoms with van der Waals surface area (Å²) in [6.45, 7) is 3.38. The van der Waals surface area contributed by atoms with Crippen LogP contribution in [0.2, 0.25) is 0 Å². The predicted octanol–water partition coefficient (Wildman–Crippen LogP) is 8.81. The van der Waals surface area contributed by atoms with E-state index in [1.165, 1.54) is 18.6 Å². The van der Waals surface area contributed by atoms with Crippen molar-refractivity contribution in [1.29, 1.82) is 0 Å². The Hall–Kier alpha value is -1.95. The Bertz CT molecular complexity index is 905. The van der Waals surface area contributed by atoms with Crippen molar-refractivity contribution < 1.29 is 26.7 Å². The van der Waals surface area contributed by atoms with Crippen LogP contribution in [0.5, 0.6) is 0 Å². The molecule has 1 aliphatic rings. The number of benzene rings is 2. The van der Waals surface area contributed by atoms with Crippen LogP contribution in [-0.2, 0) is 17.8 Å². The van der Waals surface area contributed by atoms with Crippen LogP contribution in [0.4, 0.5) is 22.0 Å². The summed E-state index contributed by atoms with van der Waals surface area (Å²) in [6.07, 6.45) is 0.476. The van der Waals surface area contributed by atoms with Crippen molar-refractivity contribution in [1.82, 2.24) is 0 Å². The molecule has 0 amide bonds. The molecule has 1 saturated carbocycles. The van der Waals surface area contributed by atoms with Gasteiger partial charge in [0.05, 0.1) is 6.61 Å². The molecule has 6 heteroatoms. The van der Waals surface area contributed by atoms with Crippen molar-refractivity contribution in [3.8, 4) is 0 Å². The van der Waals surface area contributed by atoms with Crippen molar-refractivity contribution in [2.45, 2.75) is 90.0 Å². The molecule has 0 saturated heterocycles. The summed E-state index contributed by atoms with van der Waals surface area (Å²) in [5.41, 5.74) is 0.670. The van der Waals surface area contributed by atoms with Crippen molar-refractivity contribution >= 4 is 0 Å². The van der Waals surface area contributed by atoms with Gasteiger partial charge >= 0.3 is 6.11 Å². The van der Waals surface area contributed by atoms with E-state index >= 15 is 0 Å². The Labute approximate surface area is 193 Å². The number of ether oxygens (including phenoxy) is 1. The smallest absolute Gasteiger partial charge is 0.313 e. The van der Waals surface area contributed by atoms with Crippen LogP contribution in [0.25, 0.3) is 0 Å². The van der Waals surface area contributed by atoms with Gasteiger partial charge in [0.2, 0.25) is 6.17 Å². The van der Waals surface area contributed by atoms with E-state index in [1.807, 2.05) is 6.92 Å². The SMILES string of the molecule is CCCc1ccc(C(F)C(F)(F)OCc2ccc(C3CCC(CCC)CC3)c(F)c2)cc1F. The highest BCUT2D eigenvalue weighted by Crippen LogP contribution is 2.39. The highest BCUT2D eigenvalue weighted by Gasteiger charge is 2.43. The summed E-state index contributed by atoms with van der Waals surface area (Å²) < 4.78 is 76.4. The van der Waals surface area contributed by atoms with E-state index in [1.54, 1.807) is 12.1 Å². The molecular weight excluding hydrogens is 435 g/mol. The van der Waals surface area contributed by atoms with Gasteiger partial charge in [-0.1, -0.05) is 57.4 Å². The summed E-state index contributed by atoms with van der Waals surface area (Å²) in [7, 11) is 0. The number of aryl methyl sites for hydroxylation is 1. The minimum Gasteiger partial charge on any atom is -0.313 e. The first-order valence-corrected chi connectivity index (χ1v) is 12.0. The topological polar surface area (TPSA) is 9.23 Å². The molecule has 182 valence electrons. The molecule has 0 heterocycles. The van der Waals surface area contributed by atoms with Crippen molar-refractivity contribution in [3.63, 3.8) is 0 Å². The van der Waals surface area contributed by atoms with Gasteiger partial charge in [0.25, 0.3) is 0 Å². The molecule has 0 spiro atoms. The monoisotopic (exact) mass is 468 g/mol. The van der Waals surface area contributed by atoms with E-state index in [0.717, 1.165) is 44.2 Å². The molecule has 0 radical (unpaired) electrons. The fourth-order valence-corrected chi connectivity index (χ4v) is 4.80. The third-order valence-electron chi connectivity index (χ3n) is 6.66. The van der Waals surface area contributed by atoms with Gasteiger partial charge < -0.3 is 4.74 Å². The van der Waals surface area contributed by atoms with Crippen LogP contribution >= 0.6 is 0 Å². The Morgan fingerprint density at radius 1 is 0.939 bits per heavy atom. The van der Waals surface area contributed by atoms with Gasteiger partial charge in [0, 0.05) is 0 Å². The Balaban J connectivity index is 1.60. The summed E-state index contributed by atoms with van der Waals surface area (Å²) in [5, 5.41) is 0. The predicted molar refractivity (Wildman–Crippen MR) is 120 cm³/mol. The molecule has 1 aliphatic carbocycles. The van der Waals surface area contributed by atoms with Crippen LogP contribution in [0.15, 0.2) is 36.4 Å². The van der Waals surface area contributed by atoms with Crippen molar-refractivity contribution in [2.75, 3.05) is 0 Å². The molecule has 2 aromatic rings. The van der Waals surface area contributed by atoms with Gasteiger partial charge in [-0.2, -0.15) is 8.78 Å². The number of halogens is 5. The fourth-order valence-electron chi connectivity index (χ4n) is 4.80. The quantitative estimate of drug-likeness (QED) is 0.317. The maximum Gasteiger partial charge on any atom is 0.391 e. The second-order valence-electron chi connectivity index (χ2n) is 9.18. The second kappa shape index (κ2) is 11.5. The first-order chi connectivity index (χ1) is 15.7. The van der Waals surface area contributed by atoms with Crippen LogP contribution in [0.1, 0.15) is 93.1 Å². The maximum atomic E-state index is 14.7. The van der Waals surface area contributed by atoms with E-state index in [4.69, 9.17) is 0 Å². The highest BCUT2D eigenvalue weighted by atomic mass is 19.3. The molecule has 0 bridgehead atoms. The van der Waals surface area contributed by atoms with E-state index in [0.29, 0.717) is 29.9 Å². The number of rotatable bonds is 10. The lowest BCUT2D eigenvalue weighted by Crippen LogP contribution is -2.27. The Kier molecular flexibility index (Phi) is 8.91. The molecule has 0 aromatic heterocycles. The zero-order valence-electron chi connectivity index (χ0n) is 19.4. The molecule has 0 aliphatic heterocycles. The van der Waals surface area contributed by atoms with E-state index in [2.05, 4.69) is 11.7 Å². The minimum absolute atomic E-state index is 0.135. The van der Waals surface area contributed by atoms with Gasteiger partial charge in [-0.15, -0.1) is 0 Å². The highest BCUT2D eigenvalue weighted by molar-refractivity contribution is 5.28. The first-order valence-electron chi connectivity index (χ1n) is 12.0. The minimum atomic E-state index is -4.18. The molecule has 3 rings (SSSR count). The van der Waals surface area contributed by atoms with Crippen LogP contribution in [-0.4, -0.2) is 6.11 Å². The second-order valence-corrected chi connectivity index (χ2v) is 9.18. The number of hydrogen-bond acceptors (Lipinski definition) is 1. The average molecular weight is 469 g/mol. The van der Waals surface area contributed by atoms with Crippen molar-refractivity contribution in [2.24, 2.45) is 5.92 Å². The normalized spacial score (nSPS) is 20.1. The summed E-state index contributed by atoms with van der Waals surface area (Å²) in [4.78, 5) is 0. The van der Waals surface area contributed by atoms with Gasteiger partial charge in [-0.05, 0) is 78.3 Å². The summed E-state index contributed by atoms with van der Waals surface area (Å²) >= 11 is 0. The molecule has 1 nitrogen and oxygen atoms in total. The Morgan fingerprint density at radius 3 is 2.27 bits per heavy atom.